The van der Waals surface area contributed by atoms with Crippen molar-refractivity contribution >= 4 is 0 Å². The molecule has 14 heavy (non-hydrogen) atoms. The van der Waals surface area contributed by atoms with Gasteiger partial charge in [-0.3, -0.25) is 0 Å². The molecule has 0 aromatic carbocycles. The molecule has 3 atom stereocenters. The molecule has 0 N–H and O–H groups in total. The van der Waals surface area contributed by atoms with Crippen LogP contribution in [0.4, 0.5) is 0 Å². The normalized spacial score (nSPS) is 45.6. The molecule has 3 saturated carbocycles. The summed E-state index contributed by atoms with van der Waals surface area (Å²) in [5.41, 5.74) is 0.762. The van der Waals surface area contributed by atoms with Gasteiger partial charge in [-0.05, 0) is 55.3 Å². The first kappa shape index (κ1) is 9.24. The number of fused-ring (bicyclic) bond motifs is 2. The van der Waals surface area contributed by atoms with Gasteiger partial charge in [-0.15, -0.1) is 0 Å². The third-order valence-corrected chi connectivity index (χ3v) is 5.63. The molecule has 0 nitrogen and oxygen atoms in total. The van der Waals surface area contributed by atoms with Crippen molar-refractivity contribution in [1.29, 1.82) is 0 Å². The van der Waals surface area contributed by atoms with Crippen molar-refractivity contribution in [2.45, 2.75) is 64.7 Å². The van der Waals surface area contributed by atoms with E-state index in [2.05, 4.69) is 6.92 Å². The molecule has 3 rings (SSSR count). The van der Waals surface area contributed by atoms with E-state index in [1.165, 1.54) is 19.3 Å². The Morgan fingerprint density at radius 3 is 2.29 bits per heavy atom. The summed E-state index contributed by atoms with van der Waals surface area (Å²) in [6, 6.07) is 0. The zero-order valence-corrected chi connectivity index (χ0v) is 9.60. The van der Waals surface area contributed by atoms with Crippen molar-refractivity contribution in [1.82, 2.24) is 0 Å². The van der Waals surface area contributed by atoms with Gasteiger partial charge in [0.2, 0.25) is 0 Å². The molecule has 0 amide bonds. The molecule has 3 unspecified atom stereocenters. The standard InChI is InChI=1S/C14H24/c1-14(7-3-2-4-8-14)13-10-11-5-6-12(13)9-11/h11-13H,2-10H2,1H3. The second-order valence-electron chi connectivity index (χ2n) is 6.50. The lowest BCUT2D eigenvalue weighted by atomic mass is 9.62. The van der Waals surface area contributed by atoms with E-state index in [-0.39, 0.29) is 0 Å². The monoisotopic (exact) mass is 192 g/mol. The Labute approximate surface area is 88.5 Å². The minimum absolute atomic E-state index is 0.762. The topological polar surface area (TPSA) is 0 Å². The molecule has 0 saturated heterocycles. The van der Waals surface area contributed by atoms with Gasteiger partial charge in [0.05, 0.1) is 0 Å². The van der Waals surface area contributed by atoms with Crippen LogP contribution in [0, 0.1) is 23.2 Å². The third-order valence-electron chi connectivity index (χ3n) is 5.63. The van der Waals surface area contributed by atoms with Crippen molar-refractivity contribution in [3.63, 3.8) is 0 Å². The highest BCUT2D eigenvalue weighted by atomic mass is 14.5. The number of rotatable bonds is 1. The molecular formula is C14H24. The van der Waals surface area contributed by atoms with E-state index < -0.39 is 0 Å². The van der Waals surface area contributed by atoms with Crippen LogP contribution in [-0.4, -0.2) is 0 Å². The second-order valence-corrected chi connectivity index (χ2v) is 6.50. The average Bonchev–Trinajstić information content (AvgIpc) is 2.80. The van der Waals surface area contributed by atoms with Crippen LogP contribution in [0.3, 0.4) is 0 Å². The van der Waals surface area contributed by atoms with Crippen molar-refractivity contribution in [2.75, 3.05) is 0 Å². The molecule has 0 aromatic heterocycles. The smallest absolute Gasteiger partial charge is 0.0295 e. The maximum atomic E-state index is 2.61. The molecular weight excluding hydrogens is 168 g/mol. The van der Waals surface area contributed by atoms with Crippen molar-refractivity contribution in [3.05, 3.63) is 0 Å². The SMILES string of the molecule is CC1(C2CC3CCC2C3)CCCCC1. The maximum Gasteiger partial charge on any atom is -0.0295 e. The first-order valence-electron chi connectivity index (χ1n) is 6.78. The molecule has 2 bridgehead atoms. The van der Waals surface area contributed by atoms with E-state index in [4.69, 9.17) is 0 Å². The fraction of sp³-hybridized carbons (Fsp3) is 1.00. The van der Waals surface area contributed by atoms with Gasteiger partial charge in [0.25, 0.3) is 0 Å². The molecule has 80 valence electrons. The van der Waals surface area contributed by atoms with Crippen LogP contribution < -0.4 is 0 Å². The number of hydrogen-bond donors (Lipinski definition) is 0. The molecule has 3 aliphatic rings. The summed E-state index contributed by atoms with van der Waals surface area (Å²) in [5.74, 6) is 3.41. The molecule has 0 radical (unpaired) electrons. The Kier molecular flexibility index (Phi) is 2.15. The van der Waals surface area contributed by atoms with Gasteiger partial charge in [-0.25, -0.2) is 0 Å². The van der Waals surface area contributed by atoms with Crippen molar-refractivity contribution in [2.24, 2.45) is 23.2 Å². The summed E-state index contributed by atoms with van der Waals surface area (Å²) in [4.78, 5) is 0. The van der Waals surface area contributed by atoms with Crippen LogP contribution in [0.2, 0.25) is 0 Å². The fourth-order valence-electron chi connectivity index (χ4n) is 4.83. The van der Waals surface area contributed by atoms with Gasteiger partial charge in [0, 0.05) is 0 Å². The first-order valence-corrected chi connectivity index (χ1v) is 6.78. The van der Waals surface area contributed by atoms with Crippen LogP contribution in [0.1, 0.15) is 64.7 Å². The van der Waals surface area contributed by atoms with Gasteiger partial charge in [-0.1, -0.05) is 32.6 Å². The summed E-state index contributed by atoms with van der Waals surface area (Å²) in [5, 5.41) is 0. The van der Waals surface area contributed by atoms with E-state index in [1.54, 1.807) is 38.5 Å². The molecule has 0 aliphatic heterocycles. The van der Waals surface area contributed by atoms with Crippen LogP contribution >= 0.6 is 0 Å². The van der Waals surface area contributed by atoms with Gasteiger partial charge in [0.1, 0.15) is 0 Å². The quantitative estimate of drug-likeness (QED) is 0.578. The summed E-state index contributed by atoms with van der Waals surface area (Å²) in [7, 11) is 0. The zero-order chi connectivity index (χ0) is 9.60. The molecule has 3 aliphatic carbocycles. The number of hydrogen-bond acceptors (Lipinski definition) is 0. The molecule has 0 heterocycles. The Morgan fingerprint density at radius 1 is 0.929 bits per heavy atom. The maximum absolute atomic E-state index is 2.61. The molecule has 3 fully saturated rings. The lowest BCUT2D eigenvalue weighted by Gasteiger charge is -2.43. The lowest BCUT2D eigenvalue weighted by Crippen LogP contribution is -2.33. The Balaban J connectivity index is 1.74. The van der Waals surface area contributed by atoms with Gasteiger partial charge in [0.15, 0.2) is 0 Å². The van der Waals surface area contributed by atoms with Crippen molar-refractivity contribution < 1.29 is 0 Å². The summed E-state index contributed by atoms with van der Waals surface area (Å²) in [6.45, 7) is 2.61. The van der Waals surface area contributed by atoms with E-state index in [0.717, 1.165) is 23.2 Å². The highest BCUT2D eigenvalue weighted by Gasteiger charge is 2.48. The minimum Gasteiger partial charge on any atom is -0.0594 e. The molecule has 0 aromatic rings. The van der Waals surface area contributed by atoms with Crippen molar-refractivity contribution in [3.8, 4) is 0 Å². The Bertz CT molecular complexity index is 212. The van der Waals surface area contributed by atoms with Crippen LogP contribution in [-0.2, 0) is 0 Å². The average molecular weight is 192 g/mol. The fourth-order valence-corrected chi connectivity index (χ4v) is 4.83. The Hall–Kier alpha value is 0. The second kappa shape index (κ2) is 3.25. The summed E-state index contributed by atoms with van der Waals surface area (Å²) < 4.78 is 0. The predicted molar refractivity (Wildman–Crippen MR) is 60.1 cm³/mol. The predicted octanol–water partition coefficient (Wildman–Crippen LogP) is 4.39. The van der Waals surface area contributed by atoms with Gasteiger partial charge < -0.3 is 0 Å². The summed E-state index contributed by atoms with van der Waals surface area (Å²) >= 11 is 0. The summed E-state index contributed by atoms with van der Waals surface area (Å²) in [6.07, 6.45) is 14.0. The van der Waals surface area contributed by atoms with E-state index in [9.17, 15) is 0 Å². The van der Waals surface area contributed by atoms with Gasteiger partial charge in [-0.2, -0.15) is 0 Å². The van der Waals surface area contributed by atoms with E-state index in [0.29, 0.717) is 0 Å². The van der Waals surface area contributed by atoms with E-state index in [1.807, 2.05) is 0 Å². The van der Waals surface area contributed by atoms with E-state index >= 15 is 0 Å². The molecule has 0 spiro atoms. The van der Waals surface area contributed by atoms with Crippen LogP contribution in [0.25, 0.3) is 0 Å². The lowest BCUT2D eigenvalue weighted by molar-refractivity contribution is 0.0747. The Morgan fingerprint density at radius 2 is 1.71 bits per heavy atom. The molecule has 0 heteroatoms. The highest BCUT2D eigenvalue weighted by molar-refractivity contribution is 4.98. The highest BCUT2D eigenvalue weighted by Crippen LogP contribution is 2.58. The van der Waals surface area contributed by atoms with Gasteiger partial charge >= 0.3 is 0 Å². The van der Waals surface area contributed by atoms with Crippen LogP contribution in [0.15, 0.2) is 0 Å². The zero-order valence-electron chi connectivity index (χ0n) is 9.60. The third kappa shape index (κ3) is 1.33. The largest absolute Gasteiger partial charge is 0.0594 e. The first-order chi connectivity index (χ1) is 6.78. The van der Waals surface area contributed by atoms with Crippen LogP contribution in [0.5, 0.6) is 0 Å². The minimum atomic E-state index is 0.762.